The van der Waals surface area contributed by atoms with Gasteiger partial charge in [-0.05, 0) is 110 Å². The highest BCUT2D eigenvalue weighted by molar-refractivity contribution is 6.09. The van der Waals surface area contributed by atoms with Gasteiger partial charge in [0.25, 0.3) is 0 Å². The number of aromatic nitrogens is 8. The molecule has 6 aromatic heterocycles. The van der Waals surface area contributed by atoms with Crippen molar-refractivity contribution < 1.29 is 49.5 Å². The van der Waals surface area contributed by atoms with E-state index in [0.29, 0.717) is 16.8 Å². The SMILES string of the molecule is Cc1c2nc(c(C(=O)O)c3ccc([nH]3)c(-c3c4nc(c(C(=O)O)c5ccc([nH]5)c(C(=O)O)c5nc(c(C(=O)O)c6ccc3[nH]6)C=C5)C=C4)c3nc(c(C(=O)O)c4ccc1[nH]4)C=C3)C=C2. The molecule has 6 aromatic rings. The number of aromatic amines is 4. The van der Waals surface area contributed by atoms with E-state index in [0.717, 1.165) is 0 Å². The van der Waals surface area contributed by atoms with Gasteiger partial charge in [-0.3, -0.25) is 0 Å². The second-order valence-corrected chi connectivity index (χ2v) is 14.8. The highest BCUT2D eigenvalue weighted by Crippen LogP contribution is 2.38. The monoisotopic (exact) mass is 852 g/mol. The van der Waals surface area contributed by atoms with Gasteiger partial charge in [-0.1, -0.05) is 0 Å². The summed E-state index contributed by atoms with van der Waals surface area (Å²) in [5.74, 6) is -6.79. The number of nitrogens with zero attached hydrogens (tertiary/aromatic N) is 4. The molecule has 9 N–H and O–H groups in total. The average Bonchev–Trinajstić information content (AvgIpc) is 4.08. The first-order chi connectivity index (χ1) is 30.7. The van der Waals surface area contributed by atoms with Crippen LogP contribution in [0.3, 0.4) is 0 Å². The van der Waals surface area contributed by atoms with E-state index in [2.05, 4.69) is 29.9 Å². The molecule has 0 aliphatic carbocycles. The molecule has 0 radical (unpaired) electrons. The number of nitrogens with one attached hydrogen (secondary N) is 4. The molecule has 0 unspecified atom stereocenters. The minimum atomic E-state index is -1.41. The van der Waals surface area contributed by atoms with Gasteiger partial charge in [-0.2, -0.15) is 0 Å². The van der Waals surface area contributed by atoms with Gasteiger partial charge < -0.3 is 45.5 Å². The normalized spacial score (nSPS) is 12.5. The summed E-state index contributed by atoms with van der Waals surface area (Å²) in [6.45, 7) is 1.77. The molecular formula is C46H28N8O10. The minimum absolute atomic E-state index is 0.00185. The molecule has 0 atom stereocenters. The van der Waals surface area contributed by atoms with Crippen molar-refractivity contribution in [1.29, 1.82) is 0 Å². The lowest BCUT2D eigenvalue weighted by atomic mass is 10.0. The zero-order chi connectivity index (χ0) is 44.7. The molecule has 0 aromatic carbocycles. The summed E-state index contributed by atoms with van der Waals surface area (Å²) in [7, 11) is 0. The number of carboxylic acid groups (broad SMARTS) is 5. The van der Waals surface area contributed by atoms with Crippen LogP contribution in [0.25, 0.3) is 104 Å². The second kappa shape index (κ2) is 14.3. The topological polar surface area (TPSA) is 301 Å². The molecule has 0 fully saturated rings. The van der Waals surface area contributed by atoms with Crippen LogP contribution in [0.2, 0.25) is 0 Å². The lowest BCUT2D eigenvalue weighted by Crippen LogP contribution is -2.03. The van der Waals surface area contributed by atoms with Crippen LogP contribution in [0.15, 0.2) is 48.5 Å². The van der Waals surface area contributed by atoms with Crippen LogP contribution >= 0.6 is 0 Å². The smallest absolute Gasteiger partial charge is 0.340 e. The van der Waals surface area contributed by atoms with Gasteiger partial charge in [0.15, 0.2) is 0 Å². The van der Waals surface area contributed by atoms with Crippen LogP contribution < -0.4 is 0 Å². The van der Waals surface area contributed by atoms with E-state index in [4.69, 9.17) is 9.97 Å². The number of aryl methyl sites for hydroxylation is 1. The summed E-state index contributed by atoms with van der Waals surface area (Å²) in [6.07, 6.45) is 11.9. The van der Waals surface area contributed by atoms with Gasteiger partial charge in [0.1, 0.15) is 27.8 Å². The Hall–Kier alpha value is -9.45. The Morgan fingerprint density at radius 2 is 0.547 bits per heavy atom. The maximum Gasteiger partial charge on any atom is 0.340 e. The predicted molar refractivity (Wildman–Crippen MR) is 236 cm³/mol. The fraction of sp³-hybridized carbons (Fsp3) is 0.0217. The molecule has 0 spiro atoms. The van der Waals surface area contributed by atoms with E-state index in [1.165, 1.54) is 54.6 Å². The zero-order valence-electron chi connectivity index (χ0n) is 32.8. The molecule has 10 heterocycles. The number of carboxylic acids is 5. The molecular weight excluding hydrogens is 825 g/mol. The van der Waals surface area contributed by atoms with Crippen molar-refractivity contribution in [2.75, 3.05) is 0 Å². The van der Waals surface area contributed by atoms with Crippen LogP contribution in [-0.4, -0.2) is 95.3 Å². The van der Waals surface area contributed by atoms with Crippen molar-refractivity contribution in [3.05, 3.63) is 127 Å². The number of carbonyl (C=O) groups is 5. The number of hydrogen-bond acceptors (Lipinski definition) is 9. The van der Waals surface area contributed by atoms with E-state index in [1.807, 2.05) is 0 Å². The van der Waals surface area contributed by atoms with E-state index >= 15 is 0 Å². The molecule has 4 aliphatic heterocycles. The van der Waals surface area contributed by atoms with Gasteiger partial charge in [0.05, 0.1) is 73.1 Å². The quantitative estimate of drug-likeness (QED) is 0.0764. The Bertz CT molecular complexity index is 3670. The summed E-state index contributed by atoms with van der Waals surface area (Å²) in [5.41, 5.74) is 1.80. The summed E-state index contributed by atoms with van der Waals surface area (Å²) in [4.78, 5) is 95.8. The Balaban J connectivity index is 1.43. The van der Waals surface area contributed by atoms with Crippen molar-refractivity contribution in [1.82, 2.24) is 39.9 Å². The van der Waals surface area contributed by atoms with Gasteiger partial charge in [-0.15, -0.1) is 0 Å². The van der Waals surface area contributed by atoms with E-state index in [1.54, 1.807) is 49.4 Å². The number of hydrogen-bond donors (Lipinski definition) is 9. The fourth-order valence-corrected chi connectivity index (χ4v) is 8.21. The lowest BCUT2D eigenvalue weighted by molar-refractivity contribution is 0.0686. The van der Waals surface area contributed by atoms with E-state index < -0.39 is 29.8 Å². The molecule has 0 saturated heterocycles. The van der Waals surface area contributed by atoms with Gasteiger partial charge in [0.2, 0.25) is 0 Å². The predicted octanol–water partition coefficient (Wildman–Crippen LogP) is 8.09. The third kappa shape index (κ3) is 6.16. The van der Waals surface area contributed by atoms with Crippen molar-refractivity contribution in [2.45, 2.75) is 6.92 Å². The fourth-order valence-electron chi connectivity index (χ4n) is 8.21. The molecule has 312 valence electrons. The molecule has 18 nitrogen and oxygen atoms in total. The van der Waals surface area contributed by atoms with Crippen LogP contribution in [0.5, 0.6) is 0 Å². The highest BCUT2D eigenvalue weighted by atomic mass is 16.4. The number of rotatable bonds is 6. The second-order valence-electron chi connectivity index (χ2n) is 14.8. The van der Waals surface area contributed by atoms with Crippen molar-refractivity contribution in [3.63, 3.8) is 0 Å². The first kappa shape index (κ1) is 38.7. The van der Waals surface area contributed by atoms with Gasteiger partial charge in [0, 0.05) is 27.7 Å². The standard InChI is InChI=1S/C46H28N8O10/c1-18-19-2-4-25(47-19)37(42(55)56)27-10-6-21(49-27)35(22-7-11-28(50-22)38(43(57)58)26-5-3-20(18)48-26)36-23-8-12-29(51-23)39(44(59)60)31-14-16-33(53-31)41(46(63)64)34-17-15-32(54-34)40(45(61)62)30-13-9-24(36)52-30/h2-17,47,50-51,54H,1H3,(H,55,56)(H,57,58)(H,59,60)(H,61,62)(H,63,64). The van der Waals surface area contributed by atoms with Crippen LogP contribution in [-0.2, 0) is 0 Å². The summed E-state index contributed by atoms with van der Waals surface area (Å²) < 4.78 is 0. The maximum atomic E-state index is 13.0. The highest BCUT2D eigenvalue weighted by Gasteiger charge is 2.26. The van der Waals surface area contributed by atoms with Gasteiger partial charge in [-0.25, -0.2) is 43.9 Å². The van der Waals surface area contributed by atoms with E-state index in [9.17, 15) is 49.5 Å². The third-order valence-electron chi connectivity index (χ3n) is 11.1. The number of H-pyrrole nitrogens is 4. The number of aromatic carboxylic acids is 5. The third-order valence-corrected chi connectivity index (χ3v) is 11.1. The molecule has 16 bridgehead atoms. The van der Waals surface area contributed by atoms with Crippen molar-refractivity contribution in [2.24, 2.45) is 0 Å². The summed E-state index contributed by atoms with van der Waals surface area (Å²) in [5, 5.41) is 52.7. The molecule has 10 rings (SSSR count). The first-order valence-corrected chi connectivity index (χ1v) is 19.2. The molecule has 18 heteroatoms. The van der Waals surface area contributed by atoms with Crippen LogP contribution in [0.1, 0.15) is 103 Å². The van der Waals surface area contributed by atoms with Crippen molar-refractivity contribution >= 4 is 123 Å². The lowest BCUT2D eigenvalue weighted by Gasteiger charge is -2.07. The summed E-state index contributed by atoms with van der Waals surface area (Å²) in [6, 6.07) is 12.2. The molecule has 64 heavy (non-hydrogen) atoms. The number of fused-ring (bicyclic) bond motifs is 16. The Labute approximate surface area is 356 Å². The van der Waals surface area contributed by atoms with E-state index in [-0.39, 0.29) is 117 Å². The van der Waals surface area contributed by atoms with Crippen LogP contribution in [0.4, 0.5) is 0 Å². The van der Waals surface area contributed by atoms with Crippen LogP contribution in [0, 0.1) is 6.92 Å². The molecule has 4 aliphatic rings. The van der Waals surface area contributed by atoms with Crippen molar-refractivity contribution in [3.8, 4) is 11.1 Å². The zero-order valence-corrected chi connectivity index (χ0v) is 32.8. The largest absolute Gasteiger partial charge is 0.478 e. The van der Waals surface area contributed by atoms with Gasteiger partial charge >= 0.3 is 29.8 Å². The summed E-state index contributed by atoms with van der Waals surface area (Å²) >= 11 is 0. The first-order valence-electron chi connectivity index (χ1n) is 19.2. The molecule has 0 saturated carbocycles. The minimum Gasteiger partial charge on any atom is -0.478 e. The Morgan fingerprint density at radius 3 is 0.875 bits per heavy atom. The Morgan fingerprint density at radius 1 is 0.328 bits per heavy atom. The molecule has 0 amide bonds. The Kier molecular flexibility index (Phi) is 8.68. The average molecular weight is 853 g/mol. The maximum absolute atomic E-state index is 13.0.